The molecule has 1 aliphatic heterocycles. The molecule has 140 valence electrons. The molecule has 8 nitrogen and oxygen atoms in total. The zero-order valence-corrected chi connectivity index (χ0v) is 15.1. The van der Waals surface area contributed by atoms with E-state index in [1.807, 2.05) is 6.92 Å². The number of carboxylic acid groups (broad SMARTS) is 1. The minimum atomic E-state index is -1.11. The minimum Gasteiger partial charge on any atom is -0.478 e. The predicted molar refractivity (Wildman–Crippen MR) is 93.4 cm³/mol. The Balaban J connectivity index is 1.70. The molecule has 8 heteroatoms. The number of furan rings is 1. The monoisotopic (exact) mass is 370 g/mol. The van der Waals surface area contributed by atoms with Gasteiger partial charge in [0.2, 0.25) is 5.91 Å². The lowest BCUT2D eigenvalue weighted by Crippen LogP contribution is -2.40. The maximum absolute atomic E-state index is 12.5. The highest BCUT2D eigenvalue weighted by Crippen LogP contribution is 2.24. The number of aryl methyl sites for hydroxylation is 2. The number of hydrogen-bond donors (Lipinski definition) is 1. The molecule has 0 saturated heterocycles. The summed E-state index contributed by atoms with van der Waals surface area (Å²) in [5.74, 6) is -2.03. The van der Waals surface area contributed by atoms with Gasteiger partial charge in [-0.1, -0.05) is 11.6 Å². The summed E-state index contributed by atoms with van der Waals surface area (Å²) in [5.41, 5.74) is 1.46. The average Bonchev–Trinajstić information content (AvgIpc) is 3.07. The lowest BCUT2D eigenvalue weighted by Gasteiger charge is -2.19. The molecule has 3 amide bonds. The number of imide groups is 1. The van der Waals surface area contributed by atoms with Crippen molar-refractivity contribution in [2.24, 2.45) is 0 Å². The second kappa shape index (κ2) is 6.71. The standard InChI is InChI=1S/C19H18N2O6/c1-10-4-5-13-15(6-10)18(24)21(17(13)23)9-16(22)20(3)8-12-7-14(19(25)26)11(2)27-12/h4-7H,8-9H2,1-3H3,(H,25,26). The van der Waals surface area contributed by atoms with Gasteiger partial charge in [0, 0.05) is 7.05 Å². The van der Waals surface area contributed by atoms with Crippen molar-refractivity contribution >= 4 is 23.7 Å². The average molecular weight is 370 g/mol. The summed E-state index contributed by atoms with van der Waals surface area (Å²) in [4.78, 5) is 50.6. The maximum Gasteiger partial charge on any atom is 0.339 e. The van der Waals surface area contributed by atoms with Crippen molar-refractivity contribution < 1.29 is 28.7 Å². The number of carboxylic acids is 1. The zero-order valence-electron chi connectivity index (χ0n) is 15.1. The minimum absolute atomic E-state index is 0.0230. The van der Waals surface area contributed by atoms with Crippen molar-refractivity contribution in [3.63, 3.8) is 0 Å². The summed E-state index contributed by atoms with van der Waals surface area (Å²) in [5, 5.41) is 9.05. The van der Waals surface area contributed by atoms with Crippen LogP contribution >= 0.6 is 0 Å². The smallest absolute Gasteiger partial charge is 0.339 e. The second-order valence-corrected chi connectivity index (χ2v) is 6.48. The number of nitrogens with zero attached hydrogens (tertiary/aromatic N) is 2. The van der Waals surface area contributed by atoms with Gasteiger partial charge in [-0.25, -0.2) is 4.79 Å². The molecule has 0 fully saturated rings. The van der Waals surface area contributed by atoms with Gasteiger partial charge in [-0.3, -0.25) is 19.3 Å². The first-order valence-electron chi connectivity index (χ1n) is 8.22. The van der Waals surface area contributed by atoms with Crippen LogP contribution in [0.2, 0.25) is 0 Å². The van der Waals surface area contributed by atoms with Crippen LogP contribution in [0.1, 0.15) is 48.2 Å². The maximum atomic E-state index is 12.5. The molecule has 1 aromatic heterocycles. The molecule has 1 aromatic carbocycles. The molecule has 0 unspecified atom stereocenters. The Hall–Kier alpha value is -3.42. The van der Waals surface area contributed by atoms with E-state index in [0.717, 1.165) is 10.5 Å². The summed E-state index contributed by atoms with van der Waals surface area (Å²) in [6, 6.07) is 6.30. The molecule has 0 saturated carbocycles. The predicted octanol–water partition coefficient (Wildman–Crippen LogP) is 1.85. The fourth-order valence-electron chi connectivity index (χ4n) is 2.96. The van der Waals surface area contributed by atoms with Gasteiger partial charge in [0.1, 0.15) is 23.6 Å². The number of aromatic carboxylic acids is 1. The first kappa shape index (κ1) is 18.4. The first-order chi connectivity index (χ1) is 12.7. The molecular weight excluding hydrogens is 352 g/mol. The molecule has 1 aliphatic rings. The van der Waals surface area contributed by atoms with Gasteiger partial charge in [0.15, 0.2) is 0 Å². The molecule has 0 aliphatic carbocycles. The van der Waals surface area contributed by atoms with E-state index in [9.17, 15) is 19.2 Å². The molecule has 0 spiro atoms. The van der Waals surface area contributed by atoms with Crippen LogP contribution in [0.4, 0.5) is 0 Å². The van der Waals surface area contributed by atoms with Crippen LogP contribution in [0, 0.1) is 13.8 Å². The van der Waals surface area contributed by atoms with Crippen molar-refractivity contribution in [1.82, 2.24) is 9.80 Å². The third-order valence-corrected chi connectivity index (χ3v) is 4.44. The molecule has 0 atom stereocenters. The molecular formula is C19H18N2O6. The van der Waals surface area contributed by atoms with Crippen LogP contribution in [-0.4, -0.2) is 52.2 Å². The summed E-state index contributed by atoms with van der Waals surface area (Å²) in [6.45, 7) is 2.97. The van der Waals surface area contributed by atoms with Crippen molar-refractivity contribution in [3.05, 3.63) is 58.0 Å². The first-order valence-corrected chi connectivity index (χ1v) is 8.22. The highest BCUT2D eigenvalue weighted by Gasteiger charge is 2.37. The fourth-order valence-corrected chi connectivity index (χ4v) is 2.96. The van der Waals surface area contributed by atoms with Gasteiger partial charge >= 0.3 is 5.97 Å². The van der Waals surface area contributed by atoms with Gasteiger partial charge in [-0.2, -0.15) is 0 Å². The Morgan fingerprint density at radius 1 is 1.11 bits per heavy atom. The van der Waals surface area contributed by atoms with E-state index in [-0.39, 0.29) is 23.4 Å². The Bertz CT molecular complexity index is 975. The molecule has 2 aromatic rings. The van der Waals surface area contributed by atoms with Crippen molar-refractivity contribution in [1.29, 1.82) is 0 Å². The molecule has 1 N–H and O–H groups in total. The van der Waals surface area contributed by atoms with E-state index in [0.29, 0.717) is 11.3 Å². The quantitative estimate of drug-likeness (QED) is 0.805. The van der Waals surface area contributed by atoms with E-state index in [4.69, 9.17) is 9.52 Å². The van der Waals surface area contributed by atoms with Gasteiger partial charge in [0.25, 0.3) is 11.8 Å². The molecule has 3 rings (SSSR count). The van der Waals surface area contributed by atoms with Crippen LogP contribution < -0.4 is 0 Å². The number of amides is 3. The van der Waals surface area contributed by atoms with E-state index in [2.05, 4.69) is 0 Å². The zero-order chi connectivity index (χ0) is 19.9. The number of carbonyl (C=O) groups is 4. The molecule has 2 heterocycles. The topological polar surface area (TPSA) is 108 Å². The SMILES string of the molecule is Cc1ccc2c(c1)C(=O)N(CC(=O)N(C)Cc1cc(C(=O)O)c(C)o1)C2=O. The highest BCUT2D eigenvalue weighted by molar-refractivity contribution is 6.22. The lowest BCUT2D eigenvalue weighted by molar-refractivity contribution is -0.130. The van der Waals surface area contributed by atoms with Crippen molar-refractivity contribution in [2.75, 3.05) is 13.6 Å². The number of rotatable bonds is 5. The van der Waals surface area contributed by atoms with Crippen LogP contribution in [-0.2, 0) is 11.3 Å². The largest absolute Gasteiger partial charge is 0.478 e. The molecule has 27 heavy (non-hydrogen) atoms. The number of benzene rings is 1. The number of fused-ring (bicyclic) bond motifs is 1. The summed E-state index contributed by atoms with van der Waals surface area (Å²) in [6.07, 6.45) is 0. The van der Waals surface area contributed by atoms with E-state index in [1.165, 1.54) is 24.9 Å². The number of likely N-dealkylation sites (N-methyl/N-ethyl adjacent to an activating group) is 1. The van der Waals surface area contributed by atoms with Crippen LogP contribution in [0.3, 0.4) is 0 Å². The number of carbonyl (C=O) groups excluding carboxylic acids is 3. The third kappa shape index (κ3) is 3.33. The Morgan fingerprint density at radius 2 is 1.78 bits per heavy atom. The van der Waals surface area contributed by atoms with E-state index >= 15 is 0 Å². The highest BCUT2D eigenvalue weighted by atomic mass is 16.4. The third-order valence-electron chi connectivity index (χ3n) is 4.44. The second-order valence-electron chi connectivity index (χ2n) is 6.48. The van der Waals surface area contributed by atoms with Gasteiger partial charge in [0.05, 0.1) is 17.7 Å². The van der Waals surface area contributed by atoms with E-state index in [1.54, 1.807) is 18.2 Å². The summed E-state index contributed by atoms with van der Waals surface area (Å²) < 4.78 is 5.35. The van der Waals surface area contributed by atoms with Gasteiger partial charge in [-0.05, 0) is 32.0 Å². The Labute approximate surface area is 155 Å². The van der Waals surface area contributed by atoms with Crippen LogP contribution in [0.25, 0.3) is 0 Å². The fraction of sp³-hybridized carbons (Fsp3) is 0.263. The van der Waals surface area contributed by atoms with Gasteiger partial charge in [-0.15, -0.1) is 0 Å². The van der Waals surface area contributed by atoms with Crippen molar-refractivity contribution in [3.8, 4) is 0 Å². The van der Waals surface area contributed by atoms with Crippen molar-refractivity contribution in [2.45, 2.75) is 20.4 Å². The van der Waals surface area contributed by atoms with Crippen LogP contribution in [0.5, 0.6) is 0 Å². The van der Waals surface area contributed by atoms with E-state index < -0.39 is 30.2 Å². The normalized spacial score (nSPS) is 13.1. The Kier molecular flexibility index (Phi) is 4.57. The number of hydrogen-bond acceptors (Lipinski definition) is 5. The van der Waals surface area contributed by atoms with Gasteiger partial charge < -0.3 is 14.4 Å². The Morgan fingerprint density at radius 3 is 2.41 bits per heavy atom. The van der Waals surface area contributed by atoms with Crippen LogP contribution in [0.15, 0.2) is 28.7 Å². The summed E-state index contributed by atoms with van der Waals surface area (Å²) >= 11 is 0. The lowest BCUT2D eigenvalue weighted by atomic mass is 10.1. The summed E-state index contributed by atoms with van der Waals surface area (Å²) in [7, 11) is 1.49. The molecule has 0 bridgehead atoms. The molecule has 0 radical (unpaired) electrons.